The summed E-state index contributed by atoms with van der Waals surface area (Å²) in [4.78, 5) is 17.7. The highest BCUT2D eigenvalue weighted by atomic mass is 16.3. The highest BCUT2D eigenvalue weighted by Gasteiger charge is 2.49. The van der Waals surface area contributed by atoms with Crippen LogP contribution >= 0.6 is 0 Å². The number of likely N-dealkylation sites (tertiary alicyclic amines) is 1. The zero-order valence-electron chi connectivity index (χ0n) is 19.4. The Labute approximate surface area is 192 Å². The number of amides is 1. The maximum Gasteiger partial charge on any atom is 0.247 e. The largest absolute Gasteiger partial charge is 0.389 e. The van der Waals surface area contributed by atoms with Gasteiger partial charge in [-0.15, -0.1) is 0 Å². The van der Waals surface area contributed by atoms with E-state index in [0.717, 1.165) is 49.9 Å². The molecule has 4 heteroatoms. The first-order chi connectivity index (χ1) is 15.6. The summed E-state index contributed by atoms with van der Waals surface area (Å²) in [5.41, 5.74) is 2.69. The van der Waals surface area contributed by atoms with E-state index in [4.69, 9.17) is 0 Å². The highest BCUT2D eigenvalue weighted by Crippen LogP contribution is 2.49. The van der Waals surface area contributed by atoms with E-state index < -0.39 is 5.60 Å². The van der Waals surface area contributed by atoms with E-state index in [1.165, 1.54) is 5.69 Å². The van der Waals surface area contributed by atoms with Crippen molar-refractivity contribution < 1.29 is 9.90 Å². The molecule has 0 bridgehead atoms. The van der Waals surface area contributed by atoms with Crippen LogP contribution in [-0.4, -0.2) is 41.1 Å². The summed E-state index contributed by atoms with van der Waals surface area (Å²) in [7, 11) is 0. The Hall–Kier alpha value is -2.59. The van der Waals surface area contributed by atoms with Crippen LogP contribution in [0.25, 0.3) is 6.08 Å². The number of fused-ring (bicyclic) bond motifs is 1. The monoisotopic (exact) mass is 432 g/mol. The van der Waals surface area contributed by atoms with Crippen molar-refractivity contribution >= 4 is 17.7 Å². The molecule has 2 aromatic carbocycles. The van der Waals surface area contributed by atoms with Gasteiger partial charge < -0.3 is 14.9 Å². The van der Waals surface area contributed by atoms with Crippen LogP contribution in [0.1, 0.15) is 63.1 Å². The van der Waals surface area contributed by atoms with E-state index in [0.29, 0.717) is 13.0 Å². The molecular formula is C28H36N2O2. The van der Waals surface area contributed by atoms with E-state index in [9.17, 15) is 9.90 Å². The molecule has 170 valence electrons. The minimum absolute atomic E-state index is 0.0271. The first-order valence-corrected chi connectivity index (χ1v) is 12.2. The second-order valence-electron chi connectivity index (χ2n) is 9.19. The number of benzene rings is 2. The molecule has 2 aromatic rings. The molecule has 1 N–H and O–H groups in total. The van der Waals surface area contributed by atoms with Gasteiger partial charge in [0.15, 0.2) is 0 Å². The number of carbonyl (C=O) groups is 1. The summed E-state index contributed by atoms with van der Waals surface area (Å²) in [5.74, 6) is 0.109. The molecule has 1 aliphatic heterocycles. The Morgan fingerprint density at radius 3 is 2.47 bits per heavy atom. The number of carbonyl (C=O) groups excluding carboxylic acids is 1. The maximum absolute atomic E-state index is 13.4. The molecular weight excluding hydrogens is 396 g/mol. The molecule has 3 atom stereocenters. The van der Waals surface area contributed by atoms with Crippen molar-refractivity contribution in [2.45, 2.75) is 57.6 Å². The van der Waals surface area contributed by atoms with Gasteiger partial charge >= 0.3 is 0 Å². The van der Waals surface area contributed by atoms with Crippen LogP contribution in [0.3, 0.4) is 0 Å². The van der Waals surface area contributed by atoms with Gasteiger partial charge in [-0.3, -0.25) is 4.79 Å². The van der Waals surface area contributed by atoms with Gasteiger partial charge in [-0.05, 0) is 62.4 Å². The van der Waals surface area contributed by atoms with Crippen molar-refractivity contribution in [3.05, 3.63) is 71.8 Å². The number of anilines is 1. The molecule has 1 aliphatic carbocycles. The molecule has 1 heterocycles. The summed E-state index contributed by atoms with van der Waals surface area (Å²) >= 11 is 0. The predicted molar refractivity (Wildman–Crippen MR) is 131 cm³/mol. The zero-order chi connectivity index (χ0) is 22.6. The standard InChI is InChI=1S/C28H36N2O2/c1-3-29(4-2)24-16-14-23(15-17-24)27-25-12-8-9-19-28(25,32)20-21-30(27)26(31)18-13-22-10-6-5-7-11-22/h5-7,10-11,13-18,25,27,32H,3-4,8-9,12,19-21H2,1-2H3. The topological polar surface area (TPSA) is 43.8 Å². The minimum Gasteiger partial charge on any atom is -0.389 e. The Morgan fingerprint density at radius 2 is 1.78 bits per heavy atom. The van der Waals surface area contributed by atoms with Crippen molar-refractivity contribution in [3.8, 4) is 0 Å². The number of nitrogens with zero attached hydrogens (tertiary/aromatic N) is 2. The molecule has 0 spiro atoms. The van der Waals surface area contributed by atoms with Crippen molar-refractivity contribution in [2.24, 2.45) is 5.92 Å². The van der Waals surface area contributed by atoms with Crippen LogP contribution < -0.4 is 4.90 Å². The summed E-state index contributed by atoms with van der Waals surface area (Å²) in [6, 6.07) is 18.5. The number of piperidine rings is 1. The molecule has 1 saturated carbocycles. The Bertz CT molecular complexity index is 920. The number of aliphatic hydroxyl groups is 1. The van der Waals surface area contributed by atoms with Gasteiger partial charge in [-0.25, -0.2) is 0 Å². The molecule has 3 unspecified atom stereocenters. The van der Waals surface area contributed by atoms with E-state index in [1.807, 2.05) is 41.3 Å². The van der Waals surface area contributed by atoms with Crippen molar-refractivity contribution in [3.63, 3.8) is 0 Å². The highest BCUT2D eigenvalue weighted by molar-refractivity contribution is 5.92. The molecule has 0 radical (unpaired) electrons. The van der Waals surface area contributed by atoms with Gasteiger partial charge in [0.25, 0.3) is 0 Å². The molecule has 4 nitrogen and oxygen atoms in total. The first kappa shape index (κ1) is 22.6. The van der Waals surface area contributed by atoms with E-state index in [1.54, 1.807) is 6.08 Å². The quantitative estimate of drug-likeness (QED) is 0.618. The number of rotatable bonds is 6. The lowest BCUT2D eigenvalue weighted by molar-refractivity contribution is -0.150. The Morgan fingerprint density at radius 1 is 1.06 bits per heavy atom. The predicted octanol–water partition coefficient (Wildman–Crippen LogP) is 5.44. The second kappa shape index (κ2) is 9.91. The van der Waals surface area contributed by atoms with Crippen molar-refractivity contribution in [2.75, 3.05) is 24.5 Å². The van der Waals surface area contributed by atoms with Crippen LogP contribution in [0.2, 0.25) is 0 Å². The summed E-state index contributed by atoms with van der Waals surface area (Å²) in [6.45, 7) is 6.86. The van der Waals surface area contributed by atoms with E-state index in [2.05, 4.69) is 43.0 Å². The zero-order valence-corrected chi connectivity index (χ0v) is 19.4. The average Bonchev–Trinajstić information content (AvgIpc) is 2.83. The lowest BCUT2D eigenvalue weighted by Gasteiger charge is -2.52. The van der Waals surface area contributed by atoms with Crippen LogP contribution in [0, 0.1) is 5.92 Å². The van der Waals surface area contributed by atoms with Gasteiger partial charge in [0.2, 0.25) is 5.91 Å². The van der Waals surface area contributed by atoms with Gasteiger partial charge in [0, 0.05) is 37.3 Å². The van der Waals surface area contributed by atoms with Crippen LogP contribution in [0.5, 0.6) is 0 Å². The Balaban J connectivity index is 1.64. The van der Waals surface area contributed by atoms with Crippen LogP contribution in [-0.2, 0) is 4.79 Å². The smallest absolute Gasteiger partial charge is 0.247 e. The first-order valence-electron chi connectivity index (χ1n) is 12.2. The van der Waals surface area contributed by atoms with Gasteiger partial charge in [-0.1, -0.05) is 55.3 Å². The lowest BCUT2D eigenvalue weighted by Crippen LogP contribution is -2.56. The van der Waals surface area contributed by atoms with E-state index >= 15 is 0 Å². The number of hydrogen-bond acceptors (Lipinski definition) is 3. The average molecular weight is 433 g/mol. The molecule has 1 saturated heterocycles. The maximum atomic E-state index is 13.4. The summed E-state index contributed by atoms with van der Waals surface area (Å²) in [5, 5.41) is 11.5. The third kappa shape index (κ3) is 4.61. The second-order valence-corrected chi connectivity index (χ2v) is 9.19. The van der Waals surface area contributed by atoms with Crippen molar-refractivity contribution in [1.82, 2.24) is 4.90 Å². The lowest BCUT2D eigenvalue weighted by atomic mass is 9.66. The third-order valence-electron chi connectivity index (χ3n) is 7.43. The molecule has 2 aliphatic rings. The normalized spacial score (nSPS) is 25.5. The summed E-state index contributed by atoms with van der Waals surface area (Å²) < 4.78 is 0. The fourth-order valence-corrected chi connectivity index (χ4v) is 5.64. The third-order valence-corrected chi connectivity index (χ3v) is 7.43. The number of hydrogen-bond donors (Lipinski definition) is 1. The fourth-order valence-electron chi connectivity index (χ4n) is 5.64. The fraction of sp³-hybridized carbons (Fsp3) is 0.464. The van der Waals surface area contributed by atoms with E-state index in [-0.39, 0.29) is 17.9 Å². The molecule has 32 heavy (non-hydrogen) atoms. The van der Waals surface area contributed by atoms with Crippen LogP contribution in [0.4, 0.5) is 5.69 Å². The van der Waals surface area contributed by atoms with Gasteiger partial charge in [0.05, 0.1) is 11.6 Å². The SMILES string of the molecule is CCN(CC)c1ccc(C2C3CCCCC3(O)CCN2C(=O)C=Cc2ccccc2)cc1. The molecule has 2 fully saturated rings. The molecule has 4 rings (SSSR count). The minimum atomic E-state index is -0.666. The van der Waals surface area contributed by atoms with Gasteiger partial charge in [-0.2, -0.15) is 0 Å². The Kier molecular flexibility index (Phi) is 7.00. The van der Waals surface area contributed by atoms with Gasteiger partial charge in [0.1, 0.15) is 0 Å². The summed E-state index contributed by atoms with van der Waals surface area (Å²) in [6.07, 6.45) is 8.24. The van der Waals surface area contributed by atoms with Crippen molar-refractivity contribution in [1.29, 1.82) is 0 Å². The molecule has 1 amide bonds. The van der Waals surface area contributed by atoms with Crippen LogP contribution in [0.15, 0.2) is 60.7 Å². The molecule has 0 aromatic heterocycles.